The van der Waals surface area contributed by atoms with E-state index in [1.807, 2.05) is 10.3 Å². The van der Waals surface area contributed by atoms with Crippen molar-refractivity contribution in [1.82, 2.24) is 25.2 Å². The van der Waals surface area contributed by atoms with Crippen LogP contribution in [0.15, 0.2) is 24.0 Å². The van der Waals surface area contributed by atoms with E-state index in [-0.39, 0.29) is 36.8 Å². The molecule has 2 aromatic rings. The highest BCUT2D eigenvalue weighted by Gasteiger charge is 2.28. The molecule has 0 aromatic carbocycles. The van der Waals surface area contributed by atoms with E-state index >= 15 is 0 Å². The van der Waals surface area contributed by atoms with Crippen LogP contribution in [0.1, 0.15) is 30.3 Å². The van der Waals surface area contributed by atoms with Crippen LogP contribution in [-0.4, -0.2) is 51.4 Å². The Labute approximate surface area is 157 Å². The molecule has 0 bridgehead atoms. The van der Waals surface area contributed by atoms with E-state index < -0.39 is 0 Å². The van der Waals surface area contributed by atoms with Gasteiger partial charge < -0.3 is 10.2 Å². The zero-order chi connectivity index (χ0) is 15.4. The van der Waals surface area contributed by atoms with E-state index in [1.54, 1.807) is 18.6 Å². The standard InChI is InChI=1S/C15H19N5OS.2ClH/c1-2-7-20(11-3-4-16-8-11)15(21)13-10-22-14(19-13)12-9-17-5-6-18-12;;/h5-6,9-11,16H,2-4,7-8H2,1H3;2*1H. The third-order valence-electron chi connectivity index (χ3n) is 3.71. The van der Waals surface area contributed by atoms with Gasteiger partial charge in [0.15, 0.2) is 0 Å². The Balaban J connectivity index is 0.00000144. The molecule has 1 fully saturated rings. The Morgan fingerprint density at radius 1 is 1.42 bits per heavy atom. The number of aromatic nitrogens is 3. The van der Waals surface area contributed by atoms with Gasteiger partial charge >= 0.3 is 0 Å². The molecule has 6 nitrogen and oxygen atoms in total. The highest BCUT2D eigenvalue weighted by molar-refractivity contribution is 7.13. The minimum absolute atomic E-state index is 0. The van der Waals surface area contributed by atoms with E-state index in [1.165, 1.54) is 11.3 Å². The Kier molecular flexibility index (Phi) is 8.55. The third-order valence-corrected chi connectivity index (χ3v) is 4.57. The summed E-state index contributed by atoms with van der Waals surface area (Å²) in [5, 5.41) is 5.87. The van der Waals surface area contributed by atoms with Crippen molar-refractivity contribution in [2.75, 3.05) is 19.6 Å². The van der Waals surface area contributed by atoms with Gasteiger partial charge in [0.2, 0.25) is 0 Å². The molecule has 1 saturated heterocycles. The second kappa shape index (κ2) is 9.88. The van der Waals surface area contributed by atoms with Crippen LogP contribution in [0.3, 0.4) is 0 Å². The maximum absolute atomic E-state index is 12.8. The highest BCUT2D eigenvalue weighted by Crippen LogP contribution is 2.22. The van der Waals surface area contributed by atoms with Crippen LogP contribution in [0.2, 0.25) is 0 Å². The SMILES string of the molecule is CCCN(C(=O)c1csc(-c2cnccn2)n1)C1CCNC1.Cl.Cl. The van der Waals surface area contributed by atoms with Gasteiger partial charge in [-0.2, -0.15) is 0 Å². The zero-order valence-electron chi connectivity index (χ0n) is 13.3. The number of halogens is 2. The molecule has 0 saturated carbocycles. The van der Waals surface area contributed by atoms with Crippen molar-refractivity contribution >= 4 is 42.1 Å². The summed E-state index contributed by atoms with van der Waals surface area (Å²) in [5.41, 5.74) is 1.21. The molecule has 1 aliphatic rings. The number of carbonyl (C=O) groups excluding carboxylic acids is 1. The highest BCUT2D eigenvalue weighted by atomic mass is 35.5. The van der Waals surface area contributed by atoms with E-state index in [0.717, 1.165) is 37.5 Å². The molecule has 1 aliphatic heterocycles. The van der Waals surface area contributed by atoms with E-state index in [2.05, 4.69) is 27.2 Å². The molecule has 132 valence electrons. The molecule has 1 N–H and O–H groups in total. The molecule has 1 atom stereocenters. The average molecular weight is 390 g/mol. The summed E-state index contributed by atoms with van der Waals surface area (Å²) < 4.78 is 0. The largest absolute Gasteiger partial charge is 0.333 e. The first-order valence-corrected chi connectivity index (χ1v) is 8.41. The summed E-state index contributed by atoms with van der Waals surface area (Å²) >= 11 is 1.43. The lowest BCUT2D eigenvalue weighted by Gasteiger charge is -2.27. The normalized spacial score (nSPS) is 16.1. The van der Waals surface area contributed by atoms with Gasteiger partial charge in [-0.3, -0.25) is 14.8 Å². The minimum atomic E-state index is 0. The van der Waals surface area contributed by atoms with Gasteiger partial charge in [-0.15, -0.1) is 36.2 Å². The van der Waals surface area contributed by atoms with E-state index in [9.17, 15) is 4.79 Å². The predicted octanol–water partition coefficient (Wildman–Crippen LogP) is 2.66. The van der Waals surface area contributed by atoms with Crippen molar-refractivity contribution in [2.45, 2.75) is 25.8 Å². The van der Waals surface area contributed by atoms with Gasteiger partial charge in [0.05, 0.1) is 6.20 Å². The van der Waals surface area contributed by atoms with Crippen LogP contribution < -0.4 is 5.32 Å². The first-order valence-electron chi connectivity index (χ1n) is 7.53. The van der Waals surface area contributed by atoms with Crippen molar-refractivity contribution in [3.05, 3.63) is 29.7 Å². The number of amides is 1. The summed E-state index contributed by atoms with van der Waals surface area (Å²) in [6, 6.07) is 0.272. The van der Waals surface area contributed by atoms with Crippen molar-refractivity contribution in [3.8, 4) is 10.7 Å². The Hall–Kier alpha value is -1.28. The predicted molar refractivity (Wildman–Crippen MR) is 100 cm³/mol. The van der Waals surface area contributed by atoms with Gasteiger partial charge in [0.25, 0.3) is 5.91 Å². The van der Waals surface area contributed by atoms with Crippen LogP contribution in [-0.2, 0) is 0 Å². The fourth-order valence-corrected chi connectivity index (χ4v) is 3.40. The summed E-state index contributed by atoms with van der Waals surface area (Å²) in [6.45, 7) is 4.70. The molecule has 9 heteroatoms. The molecular weight excluding hydrogens is 369 g/mol. The topological polar surface area (TPSA) is 71.0 Å². The fourth-order valence-electron chi connectivity index (χ4n) is 2.64. The minimum Gasteiger partial charge on any atom is -0.333 e. The number of hydrogen-bond donors (Lipinski definition) is 1. The van der Waals surface area contributed by atoms with Crippen LogP contribution >= 0.6 is 36.2 Å². The number of nitrogens with one attached hydrogen (secondary N) is 1. The van der Waals surface area contributed by atoms with E-state index in [0.29, 0.717) is 11.4 Å². The quantitative estimate of drug-likeness (QED) is 0.850. The first kappa shape index (κ1) is 20.8. The monoisotopic (exact) mass is 389 g/mol. The lowest BCUT2D eigenvalue weighted by Crippen LogP contribution is -2.42. The number of thiazole rings is 1. The van der Waals surface area contributed by atoms with Crippen molar-refractivity contribution in [1.29, 1.82) is 0 Å². The molecule has 24 heavy (non-hydrogen) atoms. The summed E-state index contributed by atoms with van der Waals surface area (Å²) in [7, 11) is 0. The third kappa shape index (κ3) is 4.63. The van der Waals surface area contributed by atoms with Gasteiger partial charge in [-0.1, -0.05) is 6.92 Å². The second-order valence-corrected chi connectivity index (χ2v) is 6.13. The summed E-state index contributed by atoms with van der Waals surface area (Å²) in [4.78, 5) is 27.5. The number of rotatable bonds is 5. The average Bonchev–Trinajstić information content (AvgIpc) is 3.24. The number of hydrogen-bond acceptors (Lipinski definition) is 6. The molecule has 1 amide bonds. The second-order valence-electron chi connectivity index (χ2n) is 5.27. The molecular formula is C15H21Cl2N5OS. The van der Waals surface area contributed by atoms with Crippen LogP contribution in [0.4, 0.5) is 0 Å². The van der Waals surface area contributed by atoms with Crippen LogP contribution in [0, 0.1) is 0 Å². The Bertz CT molecular complexity index is 634. The van der Waals surface area contributed by atoms with E-state index in [4.69, 9.17) is 0 Å². The molecule has 0 spiro atoms. The summed E-state index contributed by atoms with van der Waals surface area (Å²) in [5.74, 6) is 0.0157. The van der Waals surface area contributed by atoms with Crippen LogP contribution in [0.25, 0.3) is 10.7 Å². The smallest absolute Gasteiger partial charge is 0.273 e. The van der Waals surface area contributed by atoms with Gasteiger partial charge in [0.1, 0.15) is 16.4 Å². The van der Waals surface area contributed by atoms with Crippen molar-refractivity contribution < 1.29 is 4.79 Å². The maximum atomic E-state index is 12.8. The van der Waals surface area contributed by atoms with Gasteiger partial charge in [0, 0.05) is 36.9 Å². The molecule has 3 rings (SSSR count). The fraction of sp³-hybridized carbons (Fsp3) is 0.467. The molecule has 3 heterocycles. The summed E-state index contributed by atoms with van der Waals surface area (Å²) in [6.07, 6.45) is 6.87. The molecule has 2 aromatic heterocycles. The molecule has 1 unspecified atom stereocenters. The maximum Gasteiger partial charge on any atom is 0.273 e. The Morgan fingerprint density at radius 3 is 2.88 bits per heavy atom. The first-order chi connectivity index (χ1) is 10.8. The molecule has 0 radical (unpaired) electrons. The number of carbonyl (C=O) groups is 1. The lowest BCUT2D eigenvalue weighted by atomic mass is 10.2. The molecule has 0 aliphatic carbocycles. The van der Waals surface area contributed by atoms with Crippen molar-refractivity contribution in [2.24, 2.45) is 0 Å². The van der Waals surface area contributed by atoms with Gasteiger partial charge in [-0.05, 0) is 19.4 Å². The Morgan fingerprint density at radius 2 is 2.25 bits per heavy atom. The van der Waals surface area contributed by atoms with Crippen molar-refractivity contribution in [3.63, 3.8) is 0 Å². The lowest BCUT2D eigenvalue weighted by molar-refractivity contribution is 0.0687. The number of nitrogens with zero attached hydrogens (tertiary/aromatic N) is 4. The zero-order valence-corrected chi connectivity index (χ0v) is 15.8. The van der Waals surface area contributed by atoms with Gasteiger partial charge in [-0.25, -0.2) is 4.98 Å². The van der Waals surface area contributed by atoms with Crippen LogP contribution in [0.5, 0.6) is 0 Å².